The van der Waals surface area contributed by atoms with Crippen LogP contribution in [0, 0.1) is 6.92 Å². The molecule has 3 rings (SSSR count). The van der Waals surface area contributed by atoms with Gasteiger partial charge in [-0.1, -0.05) is 0 Å². The van der Waals surface area contributed by atoms with Crippen LogP contribution in [0.1, 0.15) is 35.6 Å². The van der Waals surface area contributed by atoms with E-state index in [4.69, 9.17) is 4.74 Å². The molecular weight excluding hydrogens is 334 g/mol. The molecule has 2 aliphatic heterocycles. The number of ether oxygens (including phenoxy) is 1. The fourth-order valence-corrected chi connectivity index (χ4v) is 4.61. The van der Waals surface area contributed by atoms with Crippen molar-refractivity contribution in [3.8, 4) is 0 Å². The van der Waals surface area contributed by atoms with E-state index in [0.29, 0.717) is 0 Å². The summed E-state index contributed by atoms with van der Waals surface area (Å²) in [5.74, 6) is 0.887. The van der Waals surface area contributed by atoms with E-state index in [2.05, 4.69) is 32.4 Å². The zero-order valence-corrected chi connectivity index (χ0v) is 16.3. The van der Waals surface area contributed by atoms with Gasteiger partial charge < -0.3 is 15.4 Å². The van der Waals surface area contributed by atoms with Gasteiger partial charge in [-0.3, -0.25) is 9.89 Å². The second-order valence-electron chi connectivity index (χ2n) is 7.00. The Morgan fingerprint density at radius 2 is 2.08 bits per heavy atom. The Kier molecular flexibility index (Phi) is 6.67. The van der Waals surface area contributed by atoms with E-state index in [0.717, 1.165) is 51.5 Å². The summed E-state index contributed by atoms with van der Waals surface area (Å²) < 4.78 is 5.63. The zero-order chi connectivity index (χ0) is 17.5. The SMILES string of the molecule is CN=C(NCCc1ncc(C)s1)NCC1(N2CCCC2)CCOCC1. The van der Waals surface area contributed by atoms with E-state index in [1.54, 1.807) is 11.3 Å². The topological polar surface area (TPSA) is 61.8 Å². The fourth-order valence-electron chi connectivity index (χ4n) is 3.82. The highest BCUT2D eigenvalue weighted by molar-refractivity contribution is 7.11. The molecule has 6 nitrogen and oxygen atoms in total. The number of thiazole rings is 1. The molecule has 2 aliphatic rings. The predicted octanol–water partition coefficient (Wildman–Crippen LogP) is 1.80. The summed E-state index contributed by atoms with van der Waals surface area (Å²) in [4.78, 5) is 12.8. The fraction of sp³-hybridized carbons (Fsp3) is 0.778. The minimum Gasteiger partial charge on any atom is -0.381 e. The van der Waals surface area contributed by atoms with Crippen LogP contribution in [0.3, 0.4) is 0 Å². The van der Waals surface area contributed by atoms with Crippen molar-refractivity contribution in [2.24, 2.45) is 4.99 Å². The normalized spacial score (nSPS) is 21.4. The van der Waals surface area contributed by atoms with Gasteiger partial charge in [-0.2, -0.15) is 0 Å². The van der Waals surface area contributed by atoms with Crippen molar-refractivity contribution >= 4 is 17.3 Å². The van der Waals surface area contributed by atoms with E-state index in [1.165, 1.54) is 35.8 Å². The first-order valence-electron chi connectivity index (χ1n) is 9.40. The van der Waals surface area contributed by atoms with Gasteiger partial charge in [-0.25, -0.2) is 4.98 Å². The molecule has 1 aromatic heterocycles. The molecule has 0 bridgehead atoms. The van der Waals surface area contributed by atoms with Crippen LogP contribution in [0.5, 0.6) is 0 Å². The maximum Gasteiger partial charge on any atom is 0.191 e. The molecule has 0 radical (unpaired) electrons. The summed E-state index contributed by atoms with van der Waals surface area (Å²) >= 11 is 1.77. The Hall–Kier alpha value is -1.18. The van der Waals surface area contributed by atoms with E-state index in [-0.39, 0.29) is 5.54 Å². The summed E-state index contributed by atoms with van der Waals surface area (Å²) in [6.07, 6.45) is 7.73. The van der Waals surface area contributed by atoms with Gasteiger partial charge in [-0.05, 0) is 45.7 Å². The molecule has 1 aromatic rings. The van der Waals surface area contributed by atoms with Gasteiger partial charge in [-0.15, -0.1) is 11.3 Å². The lowest BCUT2D eigenvalue weighted by atomic mass is 9.88. The third-order valence-corrected chi connectivity index (χ3v) is 6.28. The lowest BCUT2D eigenvalue weighted by Crippen LogP contribution is -2.58. The predicted molar refractivity (Wildman–Crippen MR) is 104 cm³/mol. The van der Waals surface area contributed by atoms with Crippen LogP contribution in [0.15, 0.2) is 11.2 Å². The van der Waals surface area contributed by atoms with Gasteiger partial charge in [0.1, 0.15) is 0 Å². The largest absolute Gasteiger partial charge is 0.381 e. The maximum atomic E-state index is 5.63. The van der Waals surface area contributed by atoms with Crippen LogP contribution < -0.4 is 10.6 Å². The lowest BCUT2D eigenvalue weighted by molar-refractivity contribution is -0.0164. The Bertz CT molecular complexity index is 562. The summed E-state index contributed by atoms with van der Waals surface area (Å²) in [6.45, 7) is 8.06. The van der Waals surface area contributed by atoms with Crippen LogP contribution in [-0.2, 0) is 11.2 Å². The zero-order valence-electron chi connectivity index (χ0n) is 15.5. The van der Waals surface area contributed by atoms with Crippen molar-refractivity contribution in [1.29, 1.82) is 0 Å². The number of hydrogen-bond donors (Lipinski definition) is 2. The number of aromatic nitrogens is 1. The molecule has 3 heterocycles. The van der Waals surface area contributed by atoms with Crippen molar-refractivity contribution in [3.05, 3.63) is 16.1 Å². The third kappa shape index (κ3) is 4.92. The van der Waals surface area contributed by atoms with E-state index >= 15 is 0 Å². The quantitative estimate of drug-likeness (QED) is 0.595. The highest BCUT2D eigenvalue weighted by Crippen LogP contribution is 2.30. The smallest absolute Gasteiger partial charge is 0.191 e. The summed E-state index contributed by atoms with van der Waals surface area (Å²) in [6, 6.07) is 0. The van der Waals surface area contributed by atoms with Crippen LogP contribution in [-0.4, -0.2) is 67.8 Å². The standard InChI is InChI=1S/C18H31N5OS/c1-15-13-21-16(25-15)5-8-20-17(19-2)22-14-18(6-11-24-12-7-18)23-9-3-4-10-23/h13H,3-12,14H2,1-2H3,(H2,19,20,22). The second-order valence-corrected chi connectivity index (χ2v) is 8.32. The summed E-state index contributed by atoms with van der Waals surface area (Å²) in [5.41, 5.74) is 0.221. The van der Waals surface area contributed by atoms with Gasteiger partial charge in [0.25, 0.3) is 0 Å². The number of nitrogens with one attached hydrogen (secondary N) is 2. The highest BCUT2D eigenvalue weighted by atomic mass is 32.1. The molecule has 0 spiro atoms. The Morgan fingerprint density at radius 3 is 2.72 bits per heavy atom. The Morgan fingerprint density at radius 1 is 1.32 bits per heavy atom. The van der Waals surface area contributed by atoms with Gasteiger partial charge in [0, 0.05) is 56.4 Å². The van der Waals surface area contributed by atoms with Crippen LogP contribution in [0.25, 0.3) is 0 Å². The molecule has 0 amide bonds. The summed E-state index contributed by atoms with van der Waals surface area (Å²) in [7, 11) is 1.84. The van der Waals surface area contributed by atoms with Crippen LogP contribution >= 0.6 is 11.3 Å². The molecule has 140 valence electrons. The summed E-state index contributed by atoms with van der Waals surface area (Å²) in [5, 5.41) is 8.18. The van der Waals surface area contributed by atoms with Gasteiger partial charge >= 0.3 is 0 Å². The first-order valence-corrected chi connectivity index (χ1v) is 10.2. The number of likely N-dealkylation sites (tertiary alicyclic amines) is 1. The molecule has 2 saturated heterocycles. The van der Waals surface area contributed by atoms with Gasteiger partial charge in [0.15, 0.2) is 5.96 Å². The van der Waals surface area contributed by atoms with Crippen molar-refractivity contribution in [2.75, 3.05) is 46.4 Å². The van der Waals surface area contributed by atoms with Crippen molar-refractivity contribution < 1.29 is 4.74 Å². The van der Waals surface area contributed by atoms with Crippen LogP contribution in [0.4, 0.5) is 0 Å². The number of guanidine groups is 1. The molecule has 0 atom stereocenters. The van der Waals surface area contributed by atoms with E-state index in [1.807, 2.05) is 13.2 Å². The molecule has 25 heavy (non-hydrogen) atoms. The van der Waals surface area contributed by atoms with Gasteiger partial charge in [0.2, 0.25) is 0 Å². The number of rotatable bonds is 6. The second kappa shape index (κ2) is 8.96. The molecule has 0 aliphatic carbocycles. The van der Waals surface area contributed by atoms with E-state index < -0.39 is 0 Å². The Labute approximate surface area is 155 Å². The average Bonchev–Trinajstić information content (AvgIpc) is 3.31. The van der Waals surface area contributed by atoms with Crippen LogP contribution in [0.2, 0.25) is 0 Å². The number of aliphatic imine (C=N–C) groups is 1. The lowest BCUT2D eigenvalue weighted by Gasteiger charge is -2.45. The van der Waals surface area contributed by atoms with E-state index in [9.17, 15) is 0 Å². The number of hydrogen-bond acceptors (Lipinski definition) is 5. The number of aryl methyl sites for hydroxylation is 1. The van der Waals surface area contributed by atoms with Crippen molar-refractivity contribution in [1.82, 2.24) is 20.5 Å². The first kappa shape index (κ1) is 18.6. The van der Waals surface area contributed by atoms with Gasteiger partial charge in [0.05, 0.1) is 5.01 Å². The Balaban J connectivity index is 1.49. The first-order chi connectivity index (χ1) is 12.2. The molecule has 2 N–H and O–H groups in total. The highest BCUT2D eigenvalue weighted by Gasteiger charge is 2.39. The monoisotopic (exact) mass is 365 g/mol. The molecule has 0 aromatic carbocycles. The minimum absolute atomic E-state index is 0.221. The molecule has 0 unspecified atom stereocenters. The third-order valence-electron chi connectivity index (χ3n) is 5.31. The maximum absolute atomic E-state index is 5.63. The van der Waals surface area contributed by atoms with Crippen molar-refractivity contribution in [3.63, 3.8) is 0 Å². The average molecular weight is 366 g/mol. The van der Waals surface area contributed by atoms with Crippen molar-refractivity contribution in [2.45, 2.75) is 44.6 Å². The molecule has 0 saturated carbocycles. The number of nitrogens with zero attached hydrogens (tertiary/aromatic N) is 3. The molecular formula is C18H31N5OS. The minimum atomic E-state index is 0.221. The molecule has 2 fully saturated rings. The molecule has 7 heteroatoms.